The van der Waals surface area contributed by atoms with Crippen LogP contribution in [-0.4, -0.2) is 39.8 Å². The molecule has 11 heteroatoms. The molecule has 0 saturated carbocycles. The van der Waals surface area contributed by atoms with Crippen LogP contribution in [-0.2, 0) is 11.0 Å². The number of piperidine rings is 1. The molecule has 168 valence electrons. The molecule has 0 aromatic carbocycles. The van der Waals surface area contributed by atoms with Gasteiger partial charge in [0, 0.05) is 24.7 Å². The van der Waals surface area contributed by atoms with Crippen LogP contribution in [0.1, 0.15) is 33.8 Å². The van der Waals surface area contributed by atoms with Crippen molar-refractivity contribution in [2.24, 2.45) is 5.92 Å². The first kappa shape index (κ1) is 22.5. The van der Waals surface area contributed by atoms with Gasteiger partial charge in [0.05, 0.1) is 15.8 Å². The van der Waals surface area contributed by atoms with E-state index in [1.165, 1.54) is 12.3 Å². The van der Waals surface area contributed by atoms with Crippen LogP contribution in [0.2, 0.25) is 5.02 Å². The summed E-state index contributed by atoms with van der Waals surface area (Å²) >= 11 is 6.75. The number of pyridine rings is 2. The van der Waals surface area contributed by atoms with Gasteiger partial charge < -0.3 is 10.2 Å². The van der Waals surface area contributed by atoms with Crippen LogP contribution in [0.3, 0.4) is 0 Å². The molecule has 0 radical (unpaired) electrons. The summed E-state index contributed by atoms with van der Waals surface area (Å²) in [7, 11) is 0. The third-order valence-corrected chi connectivity index (χ3v) is 6.76. The second-order valence-corrected chi connectivity index (χ2v) is 8.98. The van der Waals surface area contributed by atoms with Gasteiger partial charge in [0.15, 0.2) is 0 Å². The first-order chi connectivity index (χ1) is 15.1. The molecule has 0 spiro atoms. The number of anilines is 1. The van der Waals surface area contributed by atoms with E-state index in [4.69, 9.17) is 11.6 Å². The Morgan fingerprint density at radius 2 is 2.03 bits per heavy atom. The van der Waals surface area contributed by atoms with Crippen LogP contribution in [0.15, 0.2) is 30.5 Å². The lowest BCUT2D eigenvalue weighted by atomic mass is 9.96. The number of hydrogen-bond acceptors (Lipinski definition) is 5. The lowest BCUT2D eigenvalue weighted by Gasteiger charge is -2.31. The van der Waals surface area contributed by atoms with E-state index < -0.39 is 17.8 Å². The molecule has 6 nitrogen and oxygen atoms in total. The number of amides is 2. The molecule has 1 atom stereocenters. The molecule has 4 rings (SSSR count). The Balaban J connectivity index is 1.51. The Kier molecular flexibility index (Phi) is 6.09. The second-order valence-electron chi connectivity index (χ2n) is 7.54. The van der Waals surface area contributed by atoms with Gasteiger partial charge in [-0.3, -0.25) is 9.59 Å². The molecule has 1 saturated heterocycles. The van der Waals surface area contributed by atoms with Crippen molar-refractivity contribution in [1.82, 2.24) is 14.9 Å². The highest BCUT2D eigenvalue weighted by Gasteiger charge is 2.34. The largest absolute Gasteiger partial charge is 0.433 e. The summed E-state index contributed by atoms with van der Waals surface area (Å²) in [5.74, 6) is -0.604. The van der Waals surface area contributed by atoms with Crippen LogP contribution in [0, 0.1) is 12.8 Å². The SMILES string of the molecule is Cc1c(C(=O)N2CCCC(C(=O)Nc3ccc(Cl)cn3)C2)sc2nc(C(F)(F)F)ccc12. The van der Waals surface area contributed by atoms with Crippen molar-refractivity contribution in [2.75, 3.05) is 18.4 Å². The lowest BCUT2D eigenvalue weighted by Crippen LogP contribution is -2.43. The number of fused-ring (bicyclic) bond motifs is 1. The van der Waals surface area contributed by atoms with Gasteiger partial charge in [0.2, 0.25) is 5.91 Å². The first-order valence-electron chi connectivity index (χ1n) is 9.82. The Morgan fingerprint density at radius 3 is 2.72 bits per heavy atom. The fourth-order valence-corrected chi connectivity index (χ4v) is 4.92. The molecular formula is C21H18ClF3N4O2S. The van der Waals surface area contributed by atoms with Gasteiger partial charge in [-0.25, -0.2) is 9.97 Å². The highest BCUT2D eigenvalue weighted by Crippen LogP contribution is 2.35. The van der Waals surface area contributed by atoms with E-state index in [-0.39, 0.29) is 23.2 Å². The maximum atomic E-state index is 13.2. The topological polar surface area (TPSA) is 75.2 Å². The van der Waals surface area contributed by atoms with E-state index >= 15 is 0 Å². The zero-order valence-electron chi connectivity index (χ0n) is 16.9. The molecule has 0 bridgehead atoms. The molecule has 3 aromatic rings. The number of aromatic nitrogens is 2. The fraction of sp³-hybridized carbons (Fsp3) is 0.333. The van der Waals surface area contributed by atoms with Crippen LogP contribution >= 0.6 is 22.9 Å². The van der Waals surface area contributed by atoms with Gasteiger partial charge >= 0.3 is 6.18 Å². The van der Waals surface area contributed by atoms with E-state index in [9.17, 15) is 22.8 Å². The van der Waals surface area contributed by atoms with Gasteiger partial charge in [-0.05, 0) is 49.6 Å². The van der Waals surface area contributed by atoms with Crippen LogP contribution in [0.5, 0.6) is 0 Å². The minimum Gasteiger partial charge on any atom is -0.337 e. The van der Waals surface area contributed by atoms with Gasteiger partial charge in [0.25, 0.3) is 5.91 Å². The minimum atomic E-state index is -4.55. The molecule has 1 fully saturated rings. The fourth-order valence-electron chi connectivity index (χ4n) is 3.66. The Bertz CT molecular complexity index is 1180. The Morgan fingerprint density at radius 1 is 1.25 bits per heavy atom. The molecule has 1 N–H and O–H groups in total. The van der Waals surface area contributed by atoms with E-state index in [1.807, 2.05) is 0 Å². The number of thiophene rings is 1. The molecule has 1 aliphatic rings. The molecule has 32 heavy (non-hydrogen) atoms. The average molecular weight is 483 g/mol. The normalized spacial score (nSPS) is 16.9. The monoisotopic (exact) mass is 482 g/mol. The van der Waals surface area contributed by atoms with Crippen molar-refractivity contribution in [3.8, 4) is 0 Å². The quantitative estimate of drug-likeness (QED) is 0.559. The summed E-state index contributed by atoms with van der Waals surface area (Å²) in [6.07, 6.45) is -1.87. The average Bonchev–Trinajstić information content (AvgIpc) is 3.10. The number of nitrogens with zero attached hydrogens (tertiary/aromatic N) is 3. The number of hydrogen-bond donors (Lipinski definition) is 1. The third kappa shape index (κ3) is 4.56. The number of rotatable bonds is 3. The van der Waals surface area contributed by atoms with Gasteiger partial charge in [-0.15, -0.1) is 11.3 Å². The van der Waals surface area contributed by atoms with Gasteiger partial charge in [-0.2, -0.15) is 13.2 Å². The van der Waals surface area contributed by atoms with Crippen molar-refractivity contribution >= 4 is 50.8 Å². The lowest BCUT2D eigenvalue weighted by molar-refractivity contribution is -0.140. The standard InChI is InChI=1S/C21H18ClF3N4O2S/c1-11-14-5-6-15(21(23,24)25)27-19(14)32-17(11)20(31)29-8-2-3-12(10-29)18(30)28-16-7-4-13(22)9-26-16/h4-7,9,12H,2-3,8,10H2,1H3,(H,26,28,30). The molecule has 1 aliphatic heterocycles. The van der Waals surface area contributed by atoms with Crippen molar-refractivity contribution in [3.63, 3.8) is 0 Å². The summed E-state index contributed by atoms with van der Waals surface area (Å²) in [5, 5.41) is 3.70. The van der Waals surface area contributed by atoms with Crippen LogP contribution in [0.4, 0.5) is 19.0 Å². The summed E-state index contributed by atoms with van der Waals surface area (Å²) < 4.78 is 39.0. The van der Waals surface area contributed by atoms with Crippen molar-refractivity contribution in [1.29, 1.82) is 0 Å². The molecule has 4 heterocycles. The molecule has 0 aliphatic carbocycles. The number of aryl methyl sites for hydroxylation is 1. The Hall–Kier alpha value is -2.72. The number of alkyl halides is 3. The van der Waals surface area contributed by atoms with Crippen molar-refractivity contribution in [3.05, 3.63) is 51.6 Å². The second kappa shape index (κ2) is 8.67. The maximum absolute atomic E-state index is 13.2. The van der Waals surface area contributed by atoms with Crippen molar-refractivity contribution in [2.45, 2.75) is 25.9 Å². The minimum absolute atomic E-state index is 0.167. The first-order valence-corrected chi connectivity index (χ1v) is 11.0. The molecule has 3 aromatic heterocycles. The van der Waals surface area contributed by atoms with E-state index in [0.29, 0.717) is 46.1 Å². The van der Waals surface area contributed by atoms with Gasteiger partial charge in [0.1, 0.15) is 16.3 Å². The zero-order valence-corrected chi connectivity index (χ0v) is 18.4. The smallest absolute Gasteiger partial charge is 0.337 e. The number of halogens is 4. The summed E-state index contributed by atoms with van der Waals surface area (Å²) in [6, 6.07) is 5.47. The summed E-state index contributed by atoms with van der Waals surface area (Å²) in [6.45, 7) is 2.38. The third-order valence-electron chi connectivity index (χ3n) is 5.35. The van der Waals surface area contributed by atoms with Crippen molar-refractivity contribution < 1.29 is 22.8 Å². The van der Waals surface area contributed by atoms with Gasteiger partial charge in [-0.1, -0.05) is 11.6 Å². The number of nitrogens with one attached hydrogen (secondary N) is 1. The molecular weight excluding hydrogens is 465 g/mol. The highest BCUT2D eigenvalue weighted by molar-refractivity contribution is 7.20. The van der Waals surface area contributed by atoms with E-state index in [1.54, 1.807) is 24.0 Å². The van der Waals surface area contributed by atoms with E-state index in [2.05, 4.69) is 15.3 Å². The number of likely N-dealkylation sites (tertiary alicyclic amines) is 1. The Labute approximate surface area is 190 Å². The van der Waals surface area contributed by atoms with E-state index in [0.717, 1.165) is 17.4 Å². The summed E-state index contributed by atoms with van der Waals surface area (Å²) in [4.78, 5) is 35.6. The highest BCUT2D eigenvalue weighted by atomic mass is 35.5. The molecule has 1 unspecified atom stereocenters. The zero-order chi connectivity index (χ0) is 23.0. The van der Waals surface area contributed by atoms with Crippen LogP contribution < -0.4 is 5.32 Å². The predicted molar refractivity (Wildman–Crippen MR) is 116 cm³/mol. The maximum Gasteiger partial charge on any atom is 0.433 e. The molecule has 2 amide bonds. The number of carbonyl (C=O) groups is 2. The number of carbonyl (C=O) groups excluding carboxylic acids is 2. The predicted octanol–water partition coefficient (Wildman–Crippen LogP) is 5.16. The van der Waals surface area contributed by atoms with Crippen LogP contribution in [0.25, 0.3) is 10.2 Å². The summed E-state index contributed by atoms with van der Waals surface area (Å²) in [5.41, 5.74) is -0.399.